The highest BCUT2D eigenvalue weighted by molar-refractivity contribution is 5.80. The van der Waals surface area contributed by atoms with E-state index in [0.717, 1.165) is 31.9 Å². The first kappa shape index (κ1) is 14.1. The van der Waals surface area contributed by atoms with Crippen molar-refractivity contribution in [2.45, 2.75) is 39.7 Å². The molecule has 1 N–H and O–H groups in total. The minimum absolute atomic E-state index is 0.0453. The van der Waals surface area contributed by atoms with Crippen molar-refractivity contribution in [1.82, 2.24) is 14.9 Å². The van der Waals surface area contributed by atoms with Crippen LogP contribution in [0.4, 0.5) is 0 Å². The van der Waals surface area contributed by atoms with Gasteiger partial charge in [0.25, 0.3) is 0 Å². The van der Waals surface area contributed by atoms with Crippen LogP contribution in [0.5, 0.6) is 0 Å². The van der Waals surface area contributed by atoms with E-state index in [0.29, 0.717) is 6.54 Å². The number of ether oxygens (including phenoxy) is 1. The smallest absolute Gasteiger partial charge is 0.242 e. The fourth-order valence-electron chi connectivity index (χ4n) is 2.21. The summed E-state index contributed by atoms with van der Waals surface area (Å²) in [5, 5.41) is 3.04. The Morgan fingerprint density at radius 1 is 1.63 bits per heavy atom. The van der Waals surface area contributed by atoms with Gasteiger partial charge in [-0.15, -0.1) is 0 Å². The van der Waals surface area contributed by atoms with E-state index in [9.17, 15) is 4.79 Å². The van der Waals surface area contributed by atoms with Crippen molar-refractivity contribution in [2.24, 2.45) is 5.41 Å². The highest BCUT2D eigenvalue weighted by Crippen LogP contribution is 2.45. The normalized spacial score (nSPS) is 18.1. The Morgan fingerprint density at radius 2 is 2.37 bits per heavy atom. The second kappa shape index (κ2) is 5.74. The van der Waals surface area contributed by atoms with E-state index in [4.69, 9.17) is 4.74 Å². The molecule has 1 saturated carbocycles. The Morgan fingerprint density at radius 3 is 2.89 bits per heavy atom. The fraction of sp³-hybridized carbons (Fsp3) is 0.714. The van der Waals surface area contributed by atoms with E-state index in [2.05, 4.69) is 10.3 Å². The van der Waals surface area contributed by atoms with Crippen LogP contribution in [-0.2, 0) is 9.53 Å². The van der Waals surface area contributed by atoms with Crippen molar-refractivity contribution in [1.29, 1.82) is 0 Å². The van der Waals surface area contributed by atoms with Crippen LogP contribution in [0, 0.1) is 12.3 Å². The summed E-state index contributed by atoms with van der Waals surface area (Å²) in [6.45, 7) is 8.00. The maximum Gasteiger partial charge on any atom is 0.242 e. The first-order valence-electron chi connectivity index (χ1n) is 6.93. The highest BCUT2D eigenvalue weighted by atomic mass is 16.5. The zero-order chi connectivity index (χ0) is 13.9. The monoisotopic (exact) mass is 265 g/mol. The molecule has 0 radical (unpaired) electrons. The molecule has 0 aliphatic heterocycles. The Balaban J connectivity index is 1.83. The third kappa shape index (κ3) is 3.35. The molecule has 0 aromatic carbocycles. The van der Waals surface area contributed by atoms with Gasteiger partial charge >= 0.3 is 0 Å². The molecule has 5 heteroatoms. The number of carbonyl (C=O) groups excluding carboxylic acids is 1. The molecule has 106 valence electrons. The number of amides is 1. The number of imidazole rings is 1. The molecule has 0 saturated heterocycles. The topological polar surface area (TPSA) is 56.1 Å². The summed E-state index contributed by atoms with van der Waals surface area (Å²) < 4.78 is 7.36. The molecule has 1 amide bonds. The van der Waals surface area contributed by atoms with Gasteiger partial charge in [0, 0.05) is 31.0 Å². The SMILES string of the molecule is CCOCC1(CNC(=O)[C@@H](C)n2ccnc2C)CC1. The molecule has 1 heterocycles. The van der Waals surface area contributed by atoms with Crippen LogP contribution in [0.25, 0.3) is 0 Å². The molecule has 1 aromatic heterocycles. The highest BCUT2D eigenvalue weighted by Gasteiger charge is 2.43. The number of aryl methyl sites for hydroxylation is 1. The van der Waals surface area contributed by atoms with E-state index in [1.54, 1.807) is 6.20 Å². The minimum atomic E-state index is -0.217. The predicted octanol–water partition coefficient (Wildman–Crippen LogP) is 1.69. The van der Waals surface area contributed by atoms with Crippen LogP contribution in [0.15, 0.2) is 12.4 Å². The molecule has 19 heavy (non-hydrogen) atoms. The molecule has 0 unspecified atom stereocenters. The summed E-state index contributed by atoms with van der Waals surface area (Å²) in [7, 11) is 0. The van der Waals surface area contributed by atoms with E-state index in [-0.39, 0.29) is 17.4 Å². The zero-order valence-corrected chi connectivity index (χ0v) is 12.0. The van der Waals surface area contributed by atoms with Crippen molar-refractivity contribution in [3.05, 3.63) is 18.2 Å². The molecular weight excluding hydrogens is 242 g/mol. The first-order chi connectivity index (χ1) is 9.08. The van der Waals surface area contributed by atoms with E-state index < -0.39 is 0 Å². The largest absolute Gasteiger partial charge is 0.381 e. The van der Waals surface area contributed by atoms with Gasteiger partial charge in [-0.3, -0.25) is 4.79 Å². The number of rotatable bonds is 7. The predicted molar refractivity (Wildman–Crippen MR) is 72.8 cm³/mol. The summed E-state index contributed by atoms with van der Waals surface area (Å²) in [5.74, 6) is 0.905. The molecule has 5 nitrogen and oxygen atoms in total. The van der Waals surface area contributed by atoms with Crippen LogP contribution in [0.1, 0.15) is 38.6 Å². The second-order valence-corrected chi connectivity index (χ2v) is 5.41. The van der Waals surface area contributed by atoms with Gasteiger partial charge < -0.3 is 14.6 Å². The maximum absolute atomic E-state index is 12.1. The van der Waals surface area contributed by atoms with Crippen LogP contribution >= 0.6 is 0 Å². The number of nitrogens with zero attached hydrogens (tertiary/aromatic N) is 2. The summed E-state index contributed by atoms with van der Waals surface area (Å²) in [6, 6.07) is -0.217. The van der Waals surface area contributed by atoms with E-state index in [1.807, 2.05) is 31.5 Å². The zero-order valence-electron chi connectivity index (χ0n) is 12.0. The number of aromatic nitrogens is 2. The van der Waals surface area contributed by atoms with Crippen LogP contribution in [-0.4, -0.2) is 35.2 Å². The lowest BCUT2D eigenvalue weighted by atomic mass is 10.1. The molecule has 1 aliphatic rings. The Labute approximate surface area is 114 Å². The van der Waals surface area contributed by atoms with Gasteiger partial charge in [0.1, 0.15) is 11.9 Å². The van der Waals surface area contributed by atoms with Crippen molar-refractivity contribution < 1.29 is 9.53 Å². The molecule has 0 bridgehead atoms. The second-order valence-electron chi connectivity index (χ2n) is 5.41. The van der Waals surface area contributed by atoms with Crippen molar-refractivity contribution in [3.8, 4) is 0 Å². The quantitative estimate of drug-likeness (QED) is 0.816. The summed E-state index contributed by atoms with van der Waals surface area (Å²) in [6.07, 6.45) is 5.85. The molecular formula is C14H23N3O2. The van der Waals surface area contributed by atoms with E-state index >= 15 is 0 Å². The number of hydrogen-bond acceptors (Lipinski definition) is 3. The maximum atomic E-state index is 12.1. The third-order valence-corrected chi connectivity index (χ3v) is 3.87. The average molecular weight is 265 g/mol. The van der Waals surface area contributed by atoms with Gasteiger partial charge in [0.2, 0.25) is 5.91 Å². The van der Waals surface area contributed by atoms with Crippen LogP contribution in [0.3, 0.4) is 0 Å². The average Bonchev–Trinajstić information content (AvgIpc) is 3.06. The standard InChI is InChI=1S/C14H23N3O2/c1-4-19-10-14(5-6-14)9-16-13(18)11(2)17-8-7-15-12(17)3/h7-8,11H,4-6,9-10H2,1-3H3,(H,16,18)/t11-/m1/s1. The first-order valence-corrected chi connectivity index (χ1v) is 6.93. The Hall–Kier alpha value is -1.36. The number of carbonyl (C=O) groups is 1. The Kier molecular flexibility index (Phi) is 4.24. The van der Waals surface area contributed by atoms with Crippen LogP contribution in [0.2, 0.25) is 0 Å². The third-order valence-electron chi connectivity index (χ3n) is 3.87. The molecule has 0 spiro atoms. The Bertz CT molecular complexity index is 438. The minimum Gasteiger partial charge on any atom is -0.381 e. The lowest BCUT2D eigenvalue weighted by Crippen LogP contribution is -2.36. The molecule has 1 fully saturated rings. The van der Waals surface area contributed by atoms with Gasteiger partial charge in [0.05, 0.1) is 6.61 Å². The summed E-state index contributed by atoms with van der Waals surface area (Å²) >= 11 is 0. The van der Waals surface area contributed by atoms with Gasteiger partial charge in [-0.25, -0.2) is 4.98 Å². The van der Waals surface area contributed by atoms with Gasteiger partial charge in [-0.05, 0) is 33.6 Å². The summed E-state index contributed by atoms with van der Waals surface area (Å²) in [4.78, 5) is 16.3. The van der Waals surface area contributed by atoms with Gasteiger partial charge in [0.15, 0.2) is 0 Å². The fourth-order valence-corrected chi connectivity index (χ4v) is 2.21. The number of nitrogens with one attached hydrogen (secondary N) is 1. The van der Waals surface area contributed by atoms with Gasteiger partial charge in [-0.2, -0.15) is 0 Å². The molecule has 2 rings (SSSR count). The van der Waals surface area contributed by atoms with Crippen LogP contribution < -0.4 is 5.32 Å². The van der Waals surface area contributed by atoms with Crippen molar-refractivity contribution in [3.63, 3.8) is 0 Å². The lowest BCUT2D eigenvalue weighted by Gasteiger charge is -2.19. The van der Waals surface area contributed by atoms with Crippen molar-refractivity contribution >= 4 is 5.91 Å². The van der Waals surface area contributed by atoms with Crippen molar-refractivity contribution in [2.75, 3.05) is 19.8 Å². The molecule has 1 atom stereocenters. The number of hydrogen-bond donors (Lipinski definition) is 1. The van der Waals surface area contributed by atoms with E-state index in [1.165, 1.54) is 0 Å². The lowest BCUT2D eigenvalue weighted by molar-refractivity contribution is -0.124. The molecule has 1 aromatic rings. The van der Waals surface area contributed by atoms with Gasteiger partial charge in [-0.1, -0.05) is 0 Å². The summed E-state index contributed by atoms with van der Waals surface area (Å²) in [5.41, 5.74) is 0.190. The molecule has 1 aliphatic carbocycles.